The maximum Gasteiger partial charge on any atom is 0.0436 e. The van der Waals surface area contributed by atoms with Crippen LogP contribution in [0.4, 0.5) is 0 Å². The van der Waals surface area contributed by atoms with Crippen LogP contribution in [0.3, 0.4) is 0 Å². The van der Waals surface area contributed by atoms with Crippen molar-refractivity contribution < 1.29 is 5.11 Å². The summed E-state index contributed by atoms with van der Waals surface area (Å²) in [5.74, 6) is 0. The van der Waals surface area contributed by atoms with Crippen molar-refractivity contribution >= 4 is 0 Å². The summed E-state index contributed by atoms with van der Waals surface area (Å²) in [5.41, 5.74) is 0.550. The first kappa shape index (κ1) is 18.3. The van der Waals surface area contributed by atoms with Gasteiger partial charge in [-0.1, -0.05) is 34.6 Å². The summed E-state index contributed by atoms with van der Waals surface area (Å²) in [6.07, 6.45) is 4.93. The summed E-state index contributed by atoms with van der Waals surface area (Å²) >= 11 is 0. The van der Waals surface area contributed by atoms with Crippen molar-refractivity contribution in [1.29, 1.82) is 0 Å². The summed E-state index contributed by atoms with van der Waals surface area (Å²) in [4.78, 5) is 2.31. The van der Waals surface area contributed by atoms with E-state index in [0.717, 1.165) is 6.42 Å². The minimum absolute atomic E-state index is 0.372. The minimum atomic E-state index is 0.372. The lowest BCUT2D eigenvalue weighted by atomic mass is 10.1. The molecule has 0 atom stereocenters. The van der Waals surface area contributed by atoms with Crippen molar-refractivity contribution in [3.8, 4) is 0 Å². The van der Waals surface area contributed by atoms with Gasteiger partial charge in [-0.05, 0) is 51.2 Å². The van der Waals surface area contributed by atoms with Gasteiger partial charge < -0.3 is 10.0 Å². The van der Waals surface area contributed by atoms with Gasteiger partial charge in [-0.25, -0.2) is 0 Å². The lowest BCUT2D eigenvalue weighted by Crippen LogP contribution is -2.17. The Labute approximate surface area is 103 Å². The molecule has 0 aromatic carbocycles. The molecule has 1 rings (SSSR count). The van der Waals surface area contributed by atoms with Gasteiger partial charge in [0.2, 0.25) is 0 Å². The number of aliphatic hydroxyl groups is 1. The van der Waals surface area contributed by atoms with E-state index in [4.69, 9.17) is 5.11 Å². The van der Waals surface area contributed by atoms with E-state index in [1.807, 2.05) is 13.8 Å². The van der Waals surface area contributed by atoms with Crippen molar-refractivity contribution in [2.24, 2.45) is 5.41 Å². The largest absolute Gasteiger partial charge is 0.396 e. The fraction of sp³-hybridized carbons (Fsp3) is 1.00. The second kappa shape index (κ2) is 11.4. The van der Waals surface area contributed by atoms with Crippen LogP contribution < -0.4 is 0 Å². The third kappa shape index (κ3) is 12.0. The Kier molecular flexibility index (Phi) is 13.0. The summed E-state index contributed by atoms with van der Waals surface area (Å²) < 4.78 is 0. The Hall–Kier alpha value is -0.0800. The molecule has 1 fully saturated rings. The topological polar surface area (TPSA) is 23.5 Å². The van der Waals surface area contributed by atoms with E-state index >= 15 is 0 Å². The van der Waals surface area contributed by atoms with Gasteiger partial charge in [-0.15, -0.1) is 0 Å². The highest BCUT2D eigenvalue weighted by Crippen LogP contribution is 2.47. The molecule has 0 saturated heterocycles. The van der Waals surface area contributed by atoms with Crippen LogP contribution in [0.15, 0.2) is 0 Å². The maximum absolute atomic E-state index is 8.44. The first-order chi connectivity index (χ1) is 7.58. The van der Waals surface area contributed by atoms with E-state index in [-0.39, 0.29) is 0 Å². The first-order valence-electron chi connectivity index (χ1n) is 6.87. The zero-order valence-electron chi connectivity index (χ0n) is 12.3. The molecule has 0 aromatic heterocycles. The van der Waals surface area contributed by atoms with Crippen LogP contribution in [0.1, 0.15) is 60.3 Å². The van der Waals surface area contributed by atoms with E-state index in [9.17, 15) is 0 Å². The van der Waals surface area contributed by atoms with Crippen molar-refractivity contribution in [1.82, 2.24) is 4.90 Å². The number of nitrogens with zero attached hydrogens (tertiary/aromatic N) is 1. The molecule has 0 aromatic rings. The maximum atomic E-state index is 8.44. The molecule has 0 spiro atoms. The Morgan fingerprint density at radius 2 is 1.69 bits per heavy atom. The van der Waals surface area contributed by atoms with E-state index < -0.39 is 0 Å². The average molecular weight is 231 g/mol. The highest BCUT2D eigenvalue weighted by Gasteiger charge is 2.35. The minimum Gasteiger partial charge on any atom is -0.396 e. The molecule has 1 N–H and O–H groups in total. The molecule has 0 amide bonds. The van der Waals surface area contributed by atoms with E-state index in [1.54, 1.807) is 0 Å². The zero-order chi connectivity index (χ0) is 13.0. The van der Waals surface area contributed by atoms with Gasteiger partial charge >= 0.3 is 0 Å². The highest BCUT2D eigenvalue weighted by atomic mass is 16.3. The van der Waals surface area contributed by atoms with E-state index in [0.29, 0.717) is 12.0 Å². The average Bonchev–Trinajstić information content (AvgIpc) is 3.01. The number of hydrogen-bond donors (Lipinski definition) is 1. The lowest BCUT2D eigenvalue weighted by molar-refractivity contribution is 0.256. The predicted octanol–water partition coefficient (Wildman–Crippen LogP) is 3.54. The summed E-state index contributed by atoms with van der Waals surface area (Å²) in [6, 6.07) is 0. The zero-order valence-corrected chi connectivity index (χ0v) is 12.3. The van der Waals surface area contributed by atoms with E-state index in [1.165, 1.54) is 32.4 Å². The van der Waals surface area contributed by atoms with Gasteiger partial charge in [0.25, 0.3) is 0 Å². The van der Waals surface area contributed by atoms with Crippen molar-refractivity contribution in [3.63, 3.8) is 0 Å². The van der Waals surface area contributed by atoms with Gasteiger partial charge in [0.05, 0.1) is 0 Å². The lowest BCUT2D eigenvalue weighted by Gasteiger charge is -2.10. The molecule has 0 bridgehead atoms. The molecule has 1 aliphatic carbocycles. The smallest absolute Gasteiger partial charge is 0.0436 e. The van der Waals surface area contributed by atoms with Crippen LogP contribution in [0, 0.1) is 5.41 Å². The molecule has 16 heavy (non-hydrogen) atoms. The Morgan fingerprint density at radius 3 is 1.81 bits per heavy atom. The van der Waals surface area contributed by atoms with Gasteiger partial charge in [0, 0.05) is 6.61 Å². The SMILES string of the molecule is CC.CC1(CCO)CC1.CCCN(C)CC. The fourth-order valence-electron chi connectivity index (χ4n) is 1.27. The van der Waals surface area contributed by atoms with Crippen LogP contribution >= 0.6 is 0 Å². The third-order valence-corrected chi connectivity index (χ3v) is 2.96. The van der Waals surface area contributed by atoms with Crippen LogP contribution in [-0.4, -0.2) is 36.8 Å². The fourth-order valence-corrected chi connectivity index (χ4v) is 1.27. The van der Waals surface area contributed by atoms with Gasteiger partial charge in [-0.2, -0.15) is 0 Å². The van der Waals surface area contributed by atoms with Crippen LogP contribution in [0.5, 0.6) is 0 Å². The standard InChI is InChI=1S/C6H15N.C6H12O.C2H6/c1-4-6-7(3)5-2;1-6(2-3-6)4-5-7;1-2/h4-6H2,1-3H3;7H,2-5H2,1H3;1-2H3. The molecule has 0 radical (unpaired) electrons. The van der Waals surface area contributed by atoms with Crippen LogP contribution in [-0.2, 0) is 0 Å². The van der Waals surface area contributed by atoms with Crippen LogP contribution in [0.2, 0.25) is 0 Å². The Morgan fingerprint density at radius 1 is 1.19 bits per heavy atom. The predicted molar refractivity (Wildman–Crippen MR) is 73.9 cm³/mol. The van der Waals surface area contributed by atoms with Gasteiger partial charge in [-0.3, -0.25) is 0 Å². The first-order valence-corrected chi connectivity index (χ1v) is 6.87. The highest BCUT2D eigenvalue weighted by molar-refractivity contribution is 4.87. The summed E-state index contributed by atoms with van der Waals surface area (Å²) in [7, 11) is 2.14. The molecule has 0 heterocycles. The molecule has 0 unspecified atom stereocenters. The van der Waals surface area contributed by atoms with Gasteiger partial charge in [0.15, 0.2) is 0 Å². The van der Waals surface area contributed by atoms with Crippen LogP contribution in [0.25, 0.3) is 0 Å². The quantitative estimate of drug-likeness (QED) is 0.782. The molecule has 1 saturated carbocycles. The number of rotatable bonds is 5. The van der Waals surface area contributed by atoms with Gasteiger partial charge in [0.1, 0.15) is 0 Å². The second-order valence-corrected chi connectivity index (χ2v) is 4.68. The van der Waals surface area contributed by atoms with Crippen molar-refractivity contribution in [2.45, 2.75) is 60.3 Å². The molecule has 2 nitrogen and oxygen atoms in total. The Bertz CT molecular complexity index is 133. The Balaban J connectivity index is 0. The summed E-state index contributed by atoms with van der Waals surface area (Å²) in [5, 5.41) is 8.44. The number of aliphatic hydroxyl groups excluding tert-OH is 1. The van der Waals surface area contributed by atoms with E-state index in [2.05, 4.69) is 32.7 Å². The third-order valence-electron chi connectivity index (χ3n) is 2.96. The molecular formula is C14H33NO. The molecule has 0 aliphatic heterocycles. The molecule has 1 aliphatic rings. The molecule has 100 valence electrons. The van der Waals surface area contributed by atoms with Crippen molar-refractivity contribution in [2.75, 3.05) is 26.7 Å². The molecule has 2 heteroatoms. The normalized spacial score (nSPS) is 15.8. The number of hydrogen-bond acceptors (Lipinski definition) is 2. The monoisotopic (exact) mass is 231 g/mol. The van der Waals surface area contributed by atoms with Crippen molar-refractivity contribution in [3.05, 3.63) is 0 Å². The molecular weight excluding hydrogens is 198 g/mol. The second-order valence-electron chi connectivity index (χ2n) is 4.68. The summed E-state index contributed by atoms with van der Waals surface area (Å²) in [6.45, 7) is 13.4.